The number of carbonyl (C=O) groups excluding carboxylic acids is 2. The highest BCUT2D eigenvalue weighted by Gasteiger charge is 2.32. The summed E-state index contributed by atoms with van der Waals surface area (Å²) in [5.74, 6) is 0.350. The SMILES string of the molecule is CCCOc1ccc(NC(=O)C[C@H]2SC(=Nc3ccc(C)cc3)NC2=O)cc1. The number of carbonyl (C=O) groups is 2. The molecule has 28 heavy (non-hydrogen) atoms. The van der Waals surface area contributed by atoms with Gasteiger partial charge in [0, 0.05) is 12.1 Å². The van der Waals surface area contributed by atoms with Gasteiger partial charge in [0.1, 0.15) is 11.0 Å². The van der Waals surface area contributed by atoms with Crippen molar-refractivity contribution >= 4 is 40.1 Å². The maximum atomic E-state index is 12.3. The van der Waals surface area contributed by atoms with Crippen molar-refractivity contribution in [3.8, 4) is 5.75 Å². The van der Waals surface area contributed by atoms with E-state index in [0.29, 0.717) is 17.5 Å². The molecule has 2 aromatic carbocycles. The van der Waals surface area contributed by atoms with Crippen LogP contribution in [0.25, 0.3) is 0 Å². The molecule has 6 nitrogen and oxygen atoms in total. The molecule has 0 aromatic heterocycles. The van der Waals surface area contributed by atoms with Gasteiger partial charge in [0.05, 0.1) is 12.3 Å². The van der Waals surface area contributed by atoms with Crippen molar-refractivity contribution < 1.29 is 14.3 Å². The molecule has 3 rings (SSSR count). The monoisotopic (exact) mass is 397 g/mol. The predicted molar refractivity (Wildman–Crippen MR) is 113 cm³/mol. The van der Waals surface area contributed by atoms with Crippen LogP contribution < -0.4 is 15.4 Å². The van der Waals surface area contributed by atoms with Gasteiger partial charge in [-0.15, -0.1) is 0 Å². The summed E-state index contributed by atoms with van der Waals surface area (Å²) in [6, 6.07) is 14.9. The van der Waals surface area contributed by atoms with Gasteiger partial charge < -0.3 is 15.4 Å². The molecule has 0 saturated carbocycles. The number of hydrogen-bond donors (Lipinski definition) is 2. The zero-order valence-electron chi connectivity index (χ0n) is 15.9. The van der Waals surface area contributed by atoms with Crippen molar-refractivity contribution in [3.63, 3.8) is 0 Å². The second-order valence-corrected chi connectivity index (χ2v) is 7.66. The fraction of sp³-hybridized carbons (Fsp3) is 0.286. The van der Waals surface area contributed by atoms with Crippen LogP contribution in [-0.4, -0.2) is 28.8 Å². The van der Waals surface area contributed by atoms with Crippen LogP contribution in [0.5, 0.6) is 5.75 Å². The Morgan fingerprint density at radius 1 is 1.18 bits per heavy atom. The smallest absolute Gasteiger partial charge is 0.240 e. The standard InChI is InChI=1S/C21H23N3O3S/c1-3-12-27-17-10-8-15(9-11-17)22-19(25)13-18-20(26)24-21(28-18)23-16-6-4-14(2)5-7-16/h4-11,18H,3,12-13H2,1-2H3,(H,22,25)(H,23,24,26)/t18-/m1/s1. The van der Waals surface area contributed by atoms with E-state index in [9.17, 15) is 9.59 Å². The van der Waals surface area contributed by atoms with Crippen LogP contribution in [0.3, 0.4) is 0 Å². The molecule has 1 saturated heterocycles. The first-order valence-electron chi connectivity index (χ1n) is 9.19. The second-order valence-electron chi connectivity index (χ2n) is 6.47. The van der Waals surface area contributed by atoms with Gasteiger partial charge in [0.2, 0.25) is 11.8 Å². The van der Waals surface area contributed by atoms with E-state index in [2.05, 4.69) is 15.6 Å². The number of aliphatic imine (C=N–C) groups is 1. The lowest BCUT2D eigenvalue weighted by atomic mass is 10.2. The number of benzene rings is 2. The van der Waals surface area contributed by atoms with Gasteiger partial charge in [-0.1, -0.05) is 36.4 Å². The second kappa shape index (κ2) is 9.41. The zero-order chi connectivity index (χ0) is 19.9. The molecule has 0 bridgehead atoms. The van der Waals surface area contributed by atoms with Gasteiger partial charge >= 0.3 is 0 Å². The van der Waals surface area contributed by atoms with E-state index in [0.717, 1.165) is 23.4 Å². The van der Waals surface area contributed by atoms with Crippen LogP contribution in [0.2, 0.25) is 0 Å². The summed E-state index contributed by atoms with van der Waals surface area (Å²) in [5, 5.41) is 5.58. The molecule has 1 fully saturated rings. The first-order chi connectivity index (χ1) is 13.5. The van der Waals surface area contributed by atoms with Crippen molar-refractivity contribution in [2.24, 2.45) is 4.99 Å². The fourth-order valence-electron chi connectivity index (χ4n) is 2.56. The molecule has 1 heterocycles. The van der Waals surface area contributed by atoms with Crippen molar-refractivity contribution in [1.82, 2.24) is 5.32 Å². The molecular weight excluding hydrogens is 374 g/mol. The maximum absolute atomic E-state index is 12.3. The van der Waals surface area contributed by atoms with Crippen LogP contribution in [0, 0.1) is 6.92 Å². The first kappa shape index (κ1) is 19.9. The van der Waals surface area contributed by atoms with E-state index < -0.39 is 5.25 Å². The first-order valence-corrected chi connectivity index (χ1v) is 10.1. The molecule has 7 heteroatoms. The molecule has 0 spiro atoms. The molecule has 0 aliphatic carbocycles. The third kappa shape index (κ3) is 5.60. The van der Waals surface area contributed by atoms with E-state index in [1.165, 1.54) is 11.8 Å². The number of amidine groups is 1. The number of nitrogens with zero attached hydrogens (tertiary/aromatic N) is 1. The Morgan fingerprint density at radius 2 is 1.89 bits per heavy atom. The Labute approximate surface area is 168 Å². The van der Waals surface area contributed by atoms with E-state index in [1.54, 1.807) is 12.1 Å². The third-order valence-electron chi connectivity index (χ3n) is 4.02. The average Bonchev–Trinajstić information content (AvgIpc) is 3.02. The number of hydrogen-bond acceptors (Lipinski definition) is 5. The van der Waals surface area contributed by atoms with Crippen molar-refractivity contribution in [1.29, 1.82) is 0 Å². The number of aryl methyl sites for hydroxylation is 1. The van der Waals surface area contributed by atoms with Crippen LogP contribution >= 0.6 is 11.8 Å². The Morgan fingerprint density at radius 3 is 2.57 bits per heavy atom. The normalized spacial score (nSPS) is 17.4. The van der Waals surface area contributed by atoms with Crippen LogP contribution in [0.15, 0.2) is 53.5 Å². The Hall–Kier alpha value is -2.80. The topological polar surface area (TPSA) is 79.8 Å². The van der Waals surface area contributed by atoms with Crippen molar-refractivity contribution in [2.45, 2.75) is 31.9 Å². The van der Waals surface area contributed by atoms with Gasteiger partial charge in [-0.3, -0.25) is 9.59 Å². The number of ether oxygens (including phenoxy) is 1. The fourth-order valence-corrected chi connectivity index (χ4v) is 3.55. The molecule has 2 N–H and O–H groups in total. The molecule has 146 valence electrons. The minimum absolute atomic E-state index is 0.0809. The average molecular weight is 398 g/mol. The lowest BCUT2D eigenvalue weighted by Crippen LogP contribution is -2.28. The summed E-state index contributed by atoms with van der Waals surface area (Å²) in [6.07, 6.45) is 1.02. The summed E-state index contributed by atoms with van der Waals surface area (Å²) in [6.45, 7) is 4.71. The van der Waals surface area contributed by atoms with Gasteiger partial charge in [-0.05, 0) is 49.7 Å². The largest absolute Gasteiger partial charge is 0.494 e. The van der Waals surface area contributed by atoms with Gasteiger partial charge in [0.25, 0.3) is 0 Å². The highest BCUT2D eigenvalue weighted by molar-refractivity contribution is 8.15. The zero-order valence-corrected chi connectivity index (χ0v) is 16.7. The molecular formula is C21H23N3O3S. The molecule has 1 atom stereocenters. The highest BCUT2D eigenvalue weighted by atomic mass is 32.2. The lowest BCUT2D eigenvalue weighted by molar-refractivity contribution is -0.122. The van der Waals surface area contributed by atoms with Gasteiger partial charge in [-0.2, -0.15) is 0 Å². The Bertz CT molecular complexity index is 863. The molecule has 1 aliphatic rings. The highest BCUT2D eigenvalue weighted by Crippen LogP contribution is 2.26. The molecule has 0 unspecified atom stereocenters. The predicted octanol–water partition coefficient (Wildman–Crippen LogP) is 4.03. The van der Waals surface area contributed by atoms with Crippen molar-refractivity contribution in [3.05, 3.63) is 54.1 Å². The minimum atomic E-state index is -0.489. The summed E-state index contributed by atoms with van der Waals surface area (Å²) in [4.78, 5) is 28.9. The Kier molecular flexibility index (Phi) is 6.71. The van der Waals surface area contributed by atoms with Gasteiger partial charge in [0.15, 0.2) is 5.17 Å². The molecule has 2 amide bonds. The van der Waals surface area contributed by atoms with E-state index in [4.69, 9.17) is 4.74 Å². The molecule has 2 aromatic rings. The molecule has 1 aliphatic heterocycles. The quantitative estimate of drug-likeness (QED) is 0.739. The maximum Gasteiger partial charge on any atom is 0.240 e. The van der Waals surface area contributed by atoms with E-state index in [1.807, 2.05) is 50.2 Å². The number of rotatable bonds is 7. The molecule has 0 radical (unpaired) electrons. The van der Waals surface area contributed by atoms with Crippen molar-refractivity contribution in [2.75, 3.05) is 11.9 Å². The van der Waals surface area contributed by atoms with Crippen LogP contribution in [0.1, 0.15) is 25.3 Å². The summed E-state index contributed by atoms with van der Waals surface area (Å²) >= 11 is 1.28. The number of amides is 2. The van der Waals surface area contributed by atoms with E-state index >= 15 is 0 Å². The number of thioether (sulfide) groups is 1. The Balaban J connectivity index is 1.54. The van der Waals surface area contributed by atoms with Gasteiger partial charge in [-0.25, -0.2) is 4.99 Å². The summed E-state index contributed by atoms with van der Waals surface area (Å²) in [5.41, 5.74) is 2.58. The third-order valence-corrected chi connectivity index (χ3v) is 5.10. The lowest BCUT2D eigenvalue weighted by Gasteiger charge is -2.09. The van der Waals surface area contributed by atoms with Crippen LogP contribution in [-0.2, 0) is 9.59 Å². The van der Waals surface area contributed by atoms with Crippen LogP contribution in [0.4, 0.5) is 11.4 Å². The number of nitrogens with one attached hydrogen (secondary N) is 2. The summed E-state index contributed by atoms with van der Waals surface area (Å²) in [7, 11) is 0. The van der Waals surface area contributed by atoms with E-state index in [-0.39, 0.29) is 18.2 Å². The number of anilines is 1. The summed E-state index contributed by atoms with van der Waals surface area (Å²) < 4.78 is 5.52. The minimum Gasteiger partial charge on any atom is -0.494 e.